The van der Waals surface area contributed by atoms with Crippen molar-refractivity contribution < 1.29 is 14.0 Å². The summed E-state index contributed by atoms with van der Waals surface area (Å²) < 4.78 is 5.50. The molecule has 1 aromatic heterocycles. The van der Waals surface area contributed by atoms with Gasteiger partial charge in [-0.25, -0.2) is 4.98 Å². The maximum atomic E-state index is 12.3. The van der Waals surface area contributed by atoms with E-state index in [1.807, 2.05) is 20.8 Å². The topological polar surface area (TPSA) is 75.4 Å². The number of aryl methyl sites for hydroxylation is 1. The lowest BCUT2D eigenvalue weighted by atomic mass is 10.0. The van der Waals surface area contributed by atoms with Crippen molar-refractivity contribution in [2.75, 3.05) is 6.54 Å². The van der Waals surface area contributed by atoms with E-state index >= 15 is 0 Å². The molecule has 2 rings (SSSR count). The monoisotopic (exact) mass is 279 g/mol. The summed E-state index contributed by atoms with van der Waals surface area (Å²) in [5.41, 5.74) is 0. The fraction of sp³-hybridized carbons (Fsp3) is 0.643. The van der Waals surface area contributed by atoms with Gasteiger partial charge < -0.3 is 14.6 Å². The number of piperazine rings is 1. The van der Waals surface area contributed by atoms with Crippen LogP contribution in [-0.4, -0.2) is 34.3 Å². The number of hydrogen-bond acceptors (Lipinski definition) is 4. The first kappa shape index (κ1) is 14.6. The zero-order valence-corrected chi connectivity index (χ0v) is 12.2. The van der Waals surface area contributed by atoms with Crippen LogP contribution >= 0.6 is 0 Å². The quantitative estimate of drug-likeness (QED) is 0.876. The van der Waals surface area contributed by atoms with Crippen molar-refractivity contribution in [3.63, 3.8) is 0 Å². The molecule has 1 saturated heterocycles. The van der Waals surface area contributed by atoms with E-state index in [1.165, 1.54) is 4.90 Å². The summed E-state index contributed by atoms with van der Waals surface area (Å²) in [6, 6.07) is -0.433. The number of carbonyl (C=O) groups is 2. The predicted octanol–water partition coefficient (Wildman–Crippen LogP) is 1.11. The lowest BCUT2D eigenvalue weighted by Crippen LogP contribution is -2.57. The molecule has 20 heavy (non-hydrogen) atoms. The molecule has 1 aliphatic heterocycles. The molecule has 0 saturated carbocycles. The van der Waals surface area contributed by atoms with Gasteiger partial charge in [-0.15, -0.1) is 0 Å². The van der Waals surface area contributed by atoms with E-state index in [0.29, 0.717) is 18.2 Å². The van der Waals surface area contributed by atoms with Crippen LogP contribution in [0.25, 0.3) is 0 Å². The Hall–Kier alpha value is -1.85. The van der Waals surface area contributed by atoms with Gasteiger partial charge in [0.1, 0.15) is 18.3 Å². The third-order valence-corrected chi connectivity index (χ3v) is 3.26. The standard InChI is InChI=1S/C14H21N3O3/c1-4-10-6-15-13(20-10)8-17-7-12(18)16-11(14(17)19)5-9(2)3/h6,9,11H,4-5,7-8H2,1-3H3,(H,16,18). The fourth-order valence-corrected chi connectivity index (χ4v) is 2.29. The van der Waals surface area contributed by atoms with Crippen molar-refractivity contribution in [1.82, 2.24) is 15.2 Å². The molecule has 2 amide bonds. The highest BCUT2D eigenvalue weighted by atomic mass is 16.4. The van der Waals surface area contributed by atoms with Gasteiger partial charge in [-0.2, -0.15) is 0 Å². The number of aromatic nitrogens is 1. The summed E-state index contributed by atoms with van der Waals surface area (Å²) in [6.07, 6.45) is 3.07. The molecule has 1 fully saturated rings. The van der Waals surface area contributed by atoms with Crippen molar-refractivity contribution in [3.05, 3.63) is 17.8 Å². The minimum Gasteiger partial charge on any atom is -0.444 e. The molecule has 0 aliphatic carbocycles. The normalized spacial score (nSPS) is 19.6. The number of oxazole rings is 1. The summed E-state index contributed by atoms with van der Waals surface area (Å²) >= 11 is 0. The highest BCUT2D eigenvalue weighted by molar-refractivity contribution is 5.94. The number of nitrogens with one attached hydrogen (secondary N) is 1. The fourth-order valence-electron chi connectivity index (χ4n) is 2.29. The number of carbonyl (C=O) groups excluding carboxylic acids is 2. The first-order valence-corrected chi connectivity index (χ1v) is 7.01. The molecule has 0 spiro atoms. The van der Waals surface area contributed by atoms with Gasteiger partial charge in [0.15, 0.2) is 0 Å². The van der Waals surface area contributed by atoms with Crippen molar-refractivity contribution in [1.29, 1.82) is 0 Å². The van der Waals surface area contributed by atoms with E-state index in [1.54, 1.807) is 6.20 Å². The van der Waals surface area contributed by atoms with Crippen LogP contribution in [0.3, 0.4) is 0 Å². The second-order valence-electron chi connectivity index (χ2n) is 5.52. The first-order valence-electron chi connectivity index (χ1n) is 7.01. The highest BCUT2D eigenvalue weighted by Gasteiger charge is 2.33. The minimum atomic E-state index is -0.433. The van der Waals surface area contributed by atoms with Crippen LogP contribution in [0, 0.1) is 5.92 Å². The number of hydrogen-bond donors (Lipinski definition) is 1. The molecule has 1 atom stereocenters. The average molecular weight is 279 g/mol. The Kier molecular flexibility index (Phi) is 4.42. The van der Waals surface area contributed by atoms with Crippen LogP contribution in [0.1, 0.15) is 38.8 Å². The molecule has 110 valence electrons. The van der Waals surface area contributed by atoms with E-state index in [2.05, 4.69) is 10.3 Å². The van der Waals surface area contributed by atoms with Crippen LogP contribution in [0.15, 0.2) is 10.6 Å². The van der Waals surface area contributed by atoms with Gasteiger partial charge in [0.25, 0.3) is 0 Å². The smallest absolute Gasteiger partial charge is 0.246 e. The summed E-state index contributed by atoms with van der Waals surface area (Å²) in [5, 5.41) is 2.75. The van der Waals surface area contributed by atoms with E-state index in [-0.39, 0.29) is 24.9 Å². The molecule has 0 radical (unpaired) electrons. The Morgan fingerprint density at radius 3 is 2.85 bits per heavy atom. The van der Waals surface area contributed by atoms with Crippen molar-refractivity contribution in [2.45, 2.75) is 46.2 Å². The maximum absolute atomic E-state index is 12.3. The molecule has 1 N–H and O–H groups in total. The molecule has 1 unspecified atom stereocenters. The van der Waals surface area contributed by atoms with Crippen LogP contribution in [0.4, 0.5) is 0 Å². The van der Waals surface area contributed by atoms with Gasteiger partial charge in [-0.3, -0.25) is 9.59 Å². The first-order chi connectivity index (χ1) is 9.49. The van der Waals surface area contributed by atoms with Crippen LogP contribution in [0.2, 0.25) is 0 Å². The second kappa shape index (κ2) is 6.07. The molecule has 6 heteroatoms. The third kappa shape index (κ3) is 3.37. The zero-order chi connectivity index (χ0) is 14.7. The maximum Gasteiger partial charge on any atom is 0.246 e. The Labute approximate surface area is 118 Å². The van der Waals surface area contributed by atoms with Crippen molar-refractivity contribution >= 4 is 11.8 Å². The van der Waals surface area contributed by atoms with Gasteiger partial charge in [0.05, 0.1) is 12.7 Å². The largest absolute Gasteiger partial charge is 0.444 e. The second-order valence-corrected chi connectivity index (χ2v) is 5.52. The van der Waals surface area contributed by atoms with E-state index in [4.69, 9.17) is 4.42 Å². The molecule has 2 heterocycles. The number of rotatable bonds is 5. The van der Waals surface area contributed by atoms with E-state index in [9.17, 15) is 9.59 Å². The number of amides is 2. The summed E-state index contributed by atoms with van der Waals surface area (Å²) in [5.74, 6) is 1.42. The van der Waals surface area contributed by atoms with Crippen molar-refractivity contribution in [2.24, 2.45) is 5.92 Å². The summed E-state index contributed by atoms with van der Waals surface area (Å²) in [4.78, 5) is 29.7. The van der Waals surface area contributed by atoms with Gasteiger partial charge >= 0.3 is 0 Å². The zero-order valence-electron chi connectivity index (χ0n) is 12.2. The average Bonchev–Trinajstić information content (AvgIpc) is 2.82. The predicted molar refractivity (Wildman–Crippen MR) is 72.7 cm³/mol. The Bertz CT molecular complexity index is 496. The van der Waals surface area contributed by atoms with E-state index < -0.39 is 6.04 Å². The van der Waals surface area contributed by atoms with Gasteiger partial charge in [-0.05, 0) is 12.3 Å². The van der Waals surface area contributed by atoms with Gasteiger partial charge in [0.2, 0.25) is 17.7 Å². The van der Waals surface area contributed by atoms with Crippen LogP contribution in [-0.2, 0) is 22.6 Å². The van der Waals surface area contributed by atoms with Gasteiger partial charge in [-0.1, -0.05) is 20.8 Å². The molecular formula is C14H21N3O3. The summed E-state index contributed by atoms with van der Waals surface area (Å²) in [6.45, 7) is 6.35. The van der Waals surface area contributed by atoms with Gasteiger partial charge in [0, 0.05) is 6.42 Å². The van der Waals surface area contributed by atoms with Crippen LogP contribution < -0.4 is 5.32 Å². The minimum absolute atomic E-state index is 0.0606. The Morgan fingerprint density at radius 2 is 2.25 bits per heavy atom. The molecule has 1 aromatic rings. The Balaban J connectivity index is 2.05. The molecule has 1 aliphatic rings. The molecule has 0 aromatic carbocycles. The summed E-state index contributed by atoms with van der Waals surface area (Å²) in [7, 11) is 0. The third-order valence-electron chi connectivity index (χ3n) is 3.26. The number of nitrogens with zero attached hydrogens (tertiary/aromatic N) is 2. The van der Waals surface area contributed by atoms with Crippen LogP contribution in [0.5, 0.6) is 0 Å². The Morgan fingerprint density at radius 1 is 1.50 bits per heavy atom. The lowest BCUT2D eigenvalue weighted by molar-refractivity contribution is -0.145. The molecule has 6 nitrogen and oxygen atoms in total. The van der Waals surface area contributed by atoms with Crippen molar-refractivity contribution in [3.8, 4) is 0 Å². The lowest BCUT2D eigenvalue weighted by Gasteiger charge is -2.32. The van der Waals surface area contributed by atoms with E-state index in [0.717, 1.165) is 12.2 Å². The SMILES string of the molecule is CCc1cnc(CN2CC(=O)NC(CC(C)C)C2=O)o1. The highest BCUT2D eigenvalue weighted by Crippen LogP contribution is 2.14. The molecule has 0 bridgehead atoms. The molecular weight excluding hydrogens is 258 g/mol.